The quantitative estimate of drug-likeness (QED) is 0.598. The summed E-state index contributed by atoms with van der Waals surface area (Å²) in [6, 6.07) is 13.5. The van der Waals surface area contributed by atoms with Crippen LogP contribution >= 0.6 is 0 Å². The Morgan fingerprint density at radius 2 is 1.88 bits per heavy atom. The summed E-state index contributed by atoms with van der Waals surface area (Å²) in [5, 5.41) is 21.3. The number of ether oxygens (including phenoxy) is 2. The van der Waals surface area contributed by atoms with Crippen LogP contribution < -0.4 is 14.8 Å². The van der Waals surface area contributed by atoms with E-state index in [4.69, 9.17) is 9.47 Å². The topological polar surface area (TPSA) is 86.5 Å². The largest absolute Gasteiger partial charge is 0.497 e. The molecule has 1 N–H and O–H groups in total. The summed E-state index contributed by atoms with van der Waals surface area (Å²) >= 11 is 0. The highest BCUT2D eigenvalue weighted by Gasteiger charge is 2.12. The van der Waals surface area contributed by atoms with Crippen LogP contribution in [0.4, 0.5) is 5.82 Å². The molecule has 0 aliphatic rings. The Bertz CT molecular complexity index is 1050. The average Bonchev–Trinajstić information content (AvgIpc) is 3.14. The Kier molecular flexibility index (Phi) is 3.77. The number of nitrogens with zero attached hydrogens (tertiary/aromatic N) is 5. The van der Waals surface area contributed by atoms with Crippen molar-refractivity contribution in [2.45, 2.75) is 6.54 Å². The summed E-state index contributed by atoms with van der Waals surface area (Å²) in [5.74, 6) is 2.24. The molecule has 4 rings (SSSR count). The van der Waals surface area contributed by atoms with Crippen LogP contribution in [0.2, 0.25) is 0 Å². The highest BCUT2D eigenvalue weighted by atomic mass is 16.5. The molecule has 8 nitrogen and oxygen atoms in total. The minimum absolute atomic E-state index is 0.519. The zero-order chi connectivity index (χ0) is 17.2. The lowest BCUT2D eigenvalue weighted by Gasteiger charge is -2.13. The van der Waals surface area contributed by atoms with E-state index < -0.39 is 0 Å². The van der Waals surface area contributed by atoms with E-state index in [9.17, 15) is 0 Å². The molecule has 0 aliphatic carbocycles. The molecule has 0 atom stereocenters. The van der Waals surface area contributed by atoms with Gasteiger partial charge in [-0.15, -0.1) is 14.8 Å². The minimum atomic E-state index is 0.519. The Morgan fingerprint density at radius 1 is 1.04 bits per heavy atom. The van der Waals surface area contributed by atoms with Crippen molar-refractivity contribution in [1.29, 1.82) is 0 Å². The van der Waals surface area contributed by atoms with Gasteiger partial charge in [0.25, 0.3) is 0 Å². The van der Waals surface area contributed by atoms with Gasteiger partial charge in [0, 0.05) is 22.9 Å². The van der Waals surface area contributed by atoms with Crippen molar-refractivity contribution in [3.63, 3.8) is 0 Å². The first kappa shape index (κ1) is 15.1. The summed E-state index contributed by atoms with van der Waals surface area (Å²) in [5.41, 5.74) is 1.59. The maximum absolute atomic E-state index is 5.43. The van der Waals surface area contributed by atoms with Crippen molar-refractivity contribution in [3.05, 3.63) is 48.0 Å². The number of anilines is 1. The van der Waals surface area contributed by atoms with E-state index in [-0.39, 0.29) is 0 Å². The molecule has 0 radical (unpaired) electrons. The third-order valence-corrected chi connectivity index (χ3v) is 4.01. The van der Waals surface area contributed by atoms with E-state index in [1.807, 2.05) is 42.5 Å². The Morgan fingerprint density at radius 3 is 2.68 bits per heavy atom. The van der Waals surface area contributed by atoms with E-state index in [2.05, 4.69) is 25.9 Å². The predicted octanol–water partition coefficient (Wildman–Crippen LogP) is 2.30. The highest BCUT2D eigenvalue weighted by Crippen LogP contribution is 2.27. The molecule has 0 unspecified atom stereocenters. The van der Waals surface area contributed by atoms with Crippen molar-refractivity contribution < 1.29 is 9.47 Å². The van der Waals surface area contributed by atoms with Crippen molar-refractivity contribution in [1.82, 2.24) is 25.3 Å². The molecule has 0 aliphatic heterocycles. The van der Waals surface area contributed by atoms with Gasteiger partial charge in [0.1, 0.15) is 11.5 Å². The third-order valence-electron chi connectivity index (χ3n) is 4.01. The van der Waals surface area contributed by atoms with E-state index >= 15 is 0 Å². The van der Waals surface area contributed by atoms with Gasteiger partial charge in [-0.25, -0.2) is 0 Å². The number of methoxy groups -OCH3 is 2. The highest BCUT2D eigenvalue weighted by molar-refractivity contribution is 5.99. The lowest BCUT2D eigenvalue weighted by Crippen LogP contribution is -2.07. The van der Waals surface area contributed by atoms with Gasteiger partial charge in [-0.2, -0.15) is 0 Å². The zero-order valence-electron chi connectivity index (χ0n) is 13.8. The molecule has 0 bridgehead atoms. The summed E-state index contributed by atoms with van der Waals surface area (Å²) in [7, 11) is 3.28. The first-order valence-electron chi connectivity index (χ1n) is 7.72. The average molecular weight is 336 g/mol. The number of rotatable bonds is 5. The molecule has 126 valence electrons. The van der Waals surface area contributed by atoms with Crippen LogP contribution in [0.25, 0.3) is 16.4 Å². The fourth-order valence-corrected chi connectivity index (χ4v) is 2.77. The lowest BCUT2D eigenvalue weighted by molar-refractivity contribution is 0.399. The molecular weight excluding hydrogens is 320 g/mol. The molecule has 0 amide bonds. The van der Waals surface area contributed by atoms with Crippen LogP contribution in [-0.4, -0.2) is 39.5 Å². The molecule has 0 fully saturated rings. The van der Waals surface area contributed by atoms with Gasteiger partial charge in [-0.1, -0.05) is 24.3 Å². The summed E-state index contributed by atoms with van der Waals surface area (Å²) in [6.07, 6.45) is 0. The van der Waals surface area contributed by atoms with Crippen LogP contribution in [0.5, 0.6) is 11.5 Å². The normalized spacial score (nSPS) is 11.0. The Hall–Kier alpha value is -3.42. The first-order chi connectivity index (χ1) is 12.3. The van der Waals surface area contributed by atoms with Gasteiger partial charge in [-0.3, -0.25) is 0 Å². The van der Waals surface area contributed by atoms with E-state index in [0.29, 0.717) is 18.0 Å². The van der Waals surface area contributed by atoms with Crippen LogP contribution in [0.1, 0.15) is 5.56 Å². The van der Waals surface area contributed by atoms with Crippen molar-refractivity contribution >= 4 is 22.2 Å². The van der Waals surface area contributed by atoms with Crippen LogP contribution in [0, 0.1) is 0 Å². The monoisotopic (exact) mass is 336 g/mol. The smallest absolute Gasteiger partial charge is 0.207 e. The lowest BCUT2D eigenvalue weighted by atomic mass is 10.1. The molecule has 2 aromatic carbocycles. The summed E-state index contributed by atoms with van der Waals surface area (Å²) < 4.78 is 12.1. The second-order valence-electron chi connectivity index (χ2n) is 5.42. The van der Waals surface area contributed by atoms with Crippen molar-refractivity contribution in [2.75, 3.05) is 19.5 Å². The van der Waals surface area contributed by atoms with Gasteiger partial charge in [0.15, 0.2) is 5.82 Å². The van der Waals surface area contributed by atoms with Gasteiger partial charge in [0.05, 0.1) is 14.2 Å². The standard InChI is InChI=1S/C17H16N6O2/c1-24-12-7-8-15(25-2)11(9-12)10-18-16-13-5-3-4-6-14(13)17-19-21-22-23(17)20-16/h3-9H,10H2,1-2H3,(H,18,20). The van der Waals surface area contributed by atoms with Crippen LogP contribution in [0.3, 0.4) is 0 Å². The molecule has 0 saturated heterocycles. The first-order valence-corrected chi connectivity index (χ1v) is 7.72. The van der Waals surface area contributed by atoms with E-state index in [1.165, 1.54) is 4.63 Å². The zero-order valence-corrected chi connectivity index (χ0v) is 13.8. The van der Waals surface area contributed by atoms with Crippen molar-refractivity contribution in [2.24, 2.45) is 0 Å². The molecule has 25 heavy (non-hydrogen) atoms. The van der Waals surface area contributed by atoms with Crippen LogP contribution in [0.15, 0.2) is 42.5 Å². The maximum atomic E-state index is 5.43. The molecule has 0 spiro atoms. The number of benzene rings is 2. The Labute approximate surface area is 143 Å². The van der Waals surface area contributed by atoms with Gasteiger partial charge >= 0.3 is 0 Å². The predicted molar refractivity (Wildman–Crippen MR) is 93.0 cm³/mol. The van der Waals surface area contributed by atoms with Gasteiger partial charge in [-0.05, 0) is 28.6 Å². The fraction of sp³-hybridized carbons (Fsp3) is 0.176. The van der Waals surface area contributed by atoms with Gasteiger partial charge in [0.2, 0.25) is 5.65 Å². The SMILES string of the molecule is COc1ccc(OC)c(CNc2nn3nnnc3c3ccccc23)c1. The molecule has 8 heteroatoms. The minimum Gasteiger partial charge on any atom is -0.497 e. The van der Waals surface area contributed by atoms with Gasteiger partial charge < -0.3 is 14.8 Å². The molecule has 2 heterocycles. The summed E-state index contributed by atoms with van der Waals surface area (Å²) in [4.78, 5) is 0. The molecule has 4 aromatic rings. The molecule has 0 saturated carbocycles. The maximum Gasteiger partial charge on any atom is 0.207 e. The number of tetrazole rings is 1. The number of fused-ring (bicyclic) bond motifs is 3. The number of hydrogen-bond acceptors (Lipinski definition) is 7. The fourth-order valence-electron chi connectivity index (χ4n) is 2.77. The summed E-state index contributed by atoms with van der Waals surface area (Å²) in [6.45, 7) is 0.519. The second-order valence-corrected chi connectivity index (χ2v) is 5.42. The number of hydrogen-bond donors (Lipinski definition) is 1. The molecular formula is C17H16N6O2. The third kappa shape index (κ3) is 2.67. The molecule has 2 aromatic heterocycles. The van der Waals surface area contributed by atoms with Crippen LogP contribution in [-0.2, 0) is 6.54 Å². The van der Waals surface area contributed by atoms with E-state index in [0.717, 1.165) is 27.8 Å². The van der Waals surface area contributed by atoms with E-state index in [1.54, 1.807) is 14.2 Å². The number of aromatic nitrogens is 5. The second kappa shape index (κ2) is 6.23. The Balaban J connectivity index is 1.73. The number of nitrogens with one attached hydrogen (secondary N) is 1. The van der Waals surface area contributed by atoms with Crippen molar-refractivity contribution in [3.8, 4) is 11.5 Å².